The summed E-state index contributed by atoms with van der Waals surface area (Å²) < 4.78 is 13.0. The standard InChI is InChI=1S/C20H16BrN3O4/c1-12-5-6-16(15(21)9-12)23-17(25)11-27-20(26)18-13(2)28-19(14(18)10-22)24-7-3-4-8-24/h3-9H,11H2,1-2H3,(H,23,25). The molecule has 3 rings (SSSR count). The van der Waals surface area contributed by atoms with Crippen molar-refractivity contribution in [3.05, 3.63) is 69.6 Å². The number of nitriles is 1. The molecule has 0 aliphatic heterocycles. The van der Waals surface area contributed by atoms with E-state index in [2.05, 4.69) is 21.2 Å². The number of furan rings is 1. The van der Waals surface area contributed by atoms with Gasteiger partial charge in [0.05, 0.1) is 5.69 Å². The van der Waals surface area contributed by atoms with Crippen LogP contribution in [0.15, 0.2) is 51.6 Å². The molecule has 0 unspecified atom stereocenters. The second kappa shape index (κ2) is 8.15. The van der Waals surface area contributed by atoms with Crippen molar-refractivity contribution in [2.45, 2.75) is 13.8 Å². The van der Waals surface area contributed by atoms with Crippen LogP contribution in [0.1, 0.15) is 27.2 Å². The van der Waals surface area contributed by atoms with E-state index in [0.29, 0.717) is 5.69 Å². The monoisotopic (exact) mass is 441 g/mol. The Kier molecular flexibility index (Phi) is 5.66. The number of hydrogen-bond acceptors (Lipinski definition) is 5. The maximum atomic E-state index is 12.5. The number of carbonyl (C=O) groups excluding carboxylic acids is 2. The molecular weight excluding hydrogens is 426 g/mol. The summed E-state index contributed by atoms with van der Waals surface area (Å²) in [5, 5.41) is 12.1. The number of esters is 1. The Morgan fingerprint density at radius 2 is 2.00 bits per heavy atom. The largest absolute Gasteiger partial charge is 0.452 e. The van der Waals surface area contributed by atoms with Crippen LogP contribution >= 0.6 is 15.9 Å². The minimum absolute atomic E-state index is 0.00974. The van der Waals surface area contributed by atoms with E-state index in [1.165, 1.54) is 0 Å². The van der Waals surface area contributed by atoms with Crippen LogP contribution in [0.3, 0.4) is 0 Å². The van der Waals surface area contributed by atoms with Gasteiger partial charge in [-0.2, -0.15) is 5.26 Å². The van der Waals surface area contributed by atoms with Crippen LogP contribution in [0.5, 0.6) is 0 Å². The van der Waals surface area contributed by atoms with E-state index in [1.807, 2.05) is 25.1 Å². The number of nitrogens with zero attached hydrogens (tertiary/aromatic N) is 2. The van der Waals surface area contributed by atoms with E-state index in [0.717, 1.165) is 10.0 Å². The first-order valence-corrected chi connectivity index (χ1v) is 9.10. The Morgan fingerprint density at radius 1 is 1.29 bits per heavy atom. The summed E-state index contributed by atoms with van der Waals surface area (Å²) in [6.45, 7) is 3.00. The van der Waals surface area contributed by atoms with Crippen molar-refractivity contribution >= 4 is 33.5 Å². The Bertz CT molecular complexity index is 1080. The van der Waals surface area contributed by atoms with Gasteiger partial charge in [0.15, 0.2) is 6.61 Å². The minimum Gasteiger partial charge on any atom is -0.452 e. The SMILES string of the molecule is Cc1ccc(NC(=O)COC(=O)c2c(C)oc(-n3cccc3)c2C#N)c(Br)c1. The molecule has 0 radical (unpaired) electrons. The molecule has 0 atom stereocenters. The fourth-order valence-corrected chi connectivity index (χ4v) is 3.23. The summed E-state index contributed by atoms with van der Waals surface area (Å²) >= 11 is 3.37. The van der Waals surface area contributed by atoms with Gasteiger partial charge in [-0.3, -0.25) is 9.36 Å². The fourth-order valence-electron chi connectivity index (χ4n) is 2.64. The van der Waals surface area contributed by atoms with E-state index in [-0.39, 0.29) is 22.8 Å². The molecule has 1 N–H and O–H groups in total. The lowest BCUT2D eigenvalue weighted by Gasteiger charge is -2.08. The van der Waals surface area contributed by atoms with Crippen molar-refractivity contribution in [3.63, 3.8) is 0 Å². The van der Waals surface area contributed by atoms with Crippen molar-refractivity contribution < 1.29 is 18.7 Å². The number of nitrogens with one attached hydrogen (secondary N) is 1. The molecule has 1 amide bonds. The van der Waals surface area contributed by atoms with Crippen molar-refractivity contribution in [1.29, 1.82) is 5.26 Å². The molecule has 0 saturated heterocycles. The van der Waals surface area contributed by atoms with Gasteiger partial charge < -0.3 is 14.5 Å². The van der Waals surface area contributed by atoms with Crippen molar-refractivity contribution in [2.75, 3.05) is 11.9 Å². The first kappa shape index (κ1) is 19.5. The van der Waals surface area contributed by atoms with Crippen molar-refractivity contribution in [1.82, 2.24) is 4.57 Å². The van der Waals surface area contributed by atoms with Gasteiger partial charge in [0.1, 0.15) is 23.0 Å². The summed E-state index contributed by atoms with van der Waals surface area (Å²) in [5.74, 6) is -0.825. The van der Waals surface area contributed by atoms with Crippen LogP contribution in [0, 0.1) is 25.2 Å². The highest BCUT2D eigenvalue weighted by Crippen LogP contribution is 2.26. The number of ether oxygens (including phenoxy) is 1. The molecule has 7 nitrogen and oxygen atoms in total. The van der Waals surface area contributed by atoms with Crippen LogP contribution in [0.4, 0.5) is 5.69 Å². The minimum atomic E-state index is -0.797. The highest BCUT2D eigenvalue weighted by Gasteiger charge is 2.26. The van der Waals surface area contributed by atoms with E-state index >= 15 is 0 Å². The number of aryl methyl sites for hydroxylation is 2. The summed E-state index contributed by atoms with van der Waals surface area (Å²) in [5.41, 5.74) is 1.67. The molecule has 0 aliphatic rings. The molecule has 2 aromatic heterocycles. The molecule has 1 aromatic carbocycles. The van der Waals surface area contributed by atoms with Gasteiger partial charge >= 0.3 is 5.97 Å². The quantitative estimate of drug-likeness (QED) is 0.600. The van der Waals surface area contributed by atoms with E-state index in [9.17, 15) is 14.9 Å². The summed E-state index contributed by atoms with van der Waals surface area (Å²) in [6, 6.07) is 11.0. The molecule has 0 aliphatic carbocycles. The third-order valence-electron chi connectivity index (χ3n) is 3.95. The topological polar surface area (TPSA) is 97.3 Å². The average molecular weight is 442 g/mol. The molecule has 3 aromatic rings. The van der Waals surface area contributed by atoms with Crippen molar-refractivity contribution in [3.8, 4) is 12.0 Å². The molecule has 0 saturated carbocycles. The van der Waals surface area contributed by atoms with Gasteiger partial charge in [-0.05, 0) is 59.6 Å². The molecule has 2 heterocycles. The maximum absolute atomic E-state index is 12.5. The molecular formula is C20H16BrN3O4. The van der Waals surface area contributed by atoms with Crippen LogP contribution in [0.25, 0.3) is 5.88 Å². The Hall–Kier alpha value is -3.31. The number of hydrogen-bond donors (Lipinski definition) is 1. The zero-order chi connectivity index (χ0) is 20.3. The average Bonchev–Trinajstić information content (AvgIpc) is 3.29. The maximum Gasteiger partial charge on any atom is 0.343 e. The molecule has 142 valence electrons. The van der Waals surface area contributed by atoms with E-state index in [1.54, 1.807) is 42.1 Å². The third-order valence-corrected chi connectivity index (χ3v) is 4.61. The summed E-state index contributed by atoms with van der Waals surface area (Å²) in [4.78, 5) is 24.6. The number of benzene rings is 1. The molecule has 0 bridgehead atoms. The van der Waals surface area contributed by atoms with Crippen molar-refractivity contribution in [2.24, 2.45) is 0 Å². The van der Waals surface area contributed by atoms with Crippen LogP contribution < -0.4 is 5.32 Å². The number of carbonyl (C=O) groups is 2. The van der Waals surface area contributed by atoms with Crippen LogP contribution in [-0.4, -0.2) is 23.1 Å². The smallest absolute Gasteiger partial charge is 0.343 e. The normalized spacial score (nSPS) is 10.4. The molecule has 8 heteroatoms. The van der Waals surface area contributed by atoms with Gasteiger partial charge in [-0.15, -0.1) is 0 Å². The number of halogens is 1. The van der Waals surface area contributed by atoms with E-state index < -0.39 is 18.5 Å². The van der Waals surface area contributed by atoms with Gasteiger partial charge in [0, 0.05) is 16.9 Å². The Balaban J connectivity index is 1.71. The van der Waals surface area contributed by atoms with Gasteiger partial charge in [0.25, 0.3) is 5.91 Å². The highest BCUT2D eigenvalue weighted by molar-refractivity contribution is 9.10. The van der Waals surface area contributed by atoms with Crippen LogP contribution in [0.2, 0.25) is 0 Å². The highest BCUT2D eigenvalue weighted by atomic mass is 79.9. The second-order valence-corrected chi connectivity index (χ2v) is 6.88. The third kappa shape index (κ3) is 4.00. The molecule has 0 fully saturated rings. The lowest BCUT2D eigenvalue weighted by molar-refractivity contribution is -0.119. The first-order valence-electron chi connectivity index (χ1n) is 8.30. The first-order chi connectivity index (χ1) is 13.4. The van der Waals surface area contributed by atoms with Gasteiger partial charge in [-0.25, -0.2) is 4.79 Å². The van der Waals surface area contributed by atoms with E-state index in [4.69, 9.17) is 9.15 Å². The fraction of sp³-hybridized carbons (Fsp3) is 0.150. The van der Waals surface area contributed by atoms with Gasteiger partial charge in [-0.1, -0.05) is 6.07 Å². The van der Waals surface area contributed by atoms with Gasteiger partial charge in [0.2, 0.25) is 5.88 Å². The molecule has 28 heavy (non-hydrogen) atoms. The number of aromatic nitrogens is 1. The summed E-state index contributed by atoms with van der Waals surface area (Å²) in [7, 11) is 0. The number of amides is 1. The molecule has 0 spiro atoms. The predicted octanol–water partition coefficient (Wildman–Crippen LogP) is 4.12. The Labute approximate surface area is 169 Å². The number of anilines is 1. The lowest BCUT2D eigenvalue weighted by atomic mass is 10.1. The lowest BCUT2D eigenvalue weighted by Crippen LogP contribution is -2.21. The summed E-state index contributed by atoms with van der Waals surface area (Å²) in [6.07, 6.45) is 3.39. The Morgan fingerprint density at radius 3 is 2.64 bits per heavy atom. The number of rotatable bonds is 5. The predicted molar refractivity (Wildman–Crippen MR) is 105 cm³/mol. The van der Waals surface area contributed by atoms with Crippen LogP contribution in [-0.2, 0) is 9.53 Å². The zero-order valence-corrected chi connectivity index (χ0v) is 16.7. The second-order valence-electron chi connectivity index (χ2n) is 6.02. The zero-order valence-electron chi connectivity index (χ0n) is 15.2.